The molecule has 116 valence electrons. The molecule has 1 amide bonds. The summed E-state index contributed by atoms with van der Waals surface area (Å²) < 4.78 is 13.7. The van der Waals surface area contributed by atoms with Crippen molar-refractivity contribution in [3.8, 4) is 0 Å². The largest absolute Gasteiger partial charge is 0.353 e. The van der Waals surface area contributed by atoms with Gasteiger partial charge in [0.25, 0.3) is 0 Å². The van der Waals surface area contributed by atoms with Gasteiger partial charge in [-0.3, -0.25) is 4.79 Å². The van der Waals surface area contributed by atoms with Crippen LogP contribution >= 0.6 is 11.6 Å². The molecule has 0 aliphatic rings. The molecule has 4 heteroatoms. The van der Waals surface area contributed by atoms with Crippen LogP contribution in [0.4, 0.5) is 4.39 Å². The van der Waals surface area contributed by atoms with E-state index in [-0.39, 0.29) is 29.0 Å². The van der Waals surface area contributed by atoms with Crippen molar-refractivity contribution >= 4 is 17.5 Å². The van der Waals surface area contributed by atoms with Crippen LogP contribution in [0.1, 0.15) is 24.5 Å². The van der Waals surface area contributed by atoms with Crippen LogP contribution in [0.2, 0.25) is 5.02 Å². The van der Waals surface area contributed by atoms with Gasteiger partial charge in [-0.1, -0.05) is 48.0 Å². The zero-order valence-electron chi connectivity index (χ0n) is 12.5. The summed E-state index contributed by atoms with van der Waals surface area (Å²) in [7, 11) is 0. The number of rotatable bonds is 6. The number of aryl methyl sites for hydroxylation is 1. The minimum Gasteiger partial charge on any atom is -0.353 e. The van der Waals surface area contributed by atoms with Gasteiger partial charge >= 0.3 is 0 Å². The molecular weight excluding hydrogens is 301 g/mol. The average Bonchev–Trinajstić information content (AvgIpc) is 2.50. The van der Waals surface area contributed by atoms with Gasteiger partial charge in [-0.2, -0.15) is 0 Å². The Labute approximate surface area is 135 Å². The fourth-order valence-corrected chi connectivity index (χ4v) is 2.52. The Hall–Kier alpha value is -1.87. The van der Waals surface area contributed by atoms with Crippen LogP contribution in [-0.2, 0) is 17.6 Å². The van der Waals surface area contributed by atoms with Crippen LogP contribution in [0, 0.1) is 5.82 Å². The zero-order valence-corrected chi connectivity index (χ0v) is 13.2. The fourth-order valence-electron chi connectivity index (χ4n) is 2.29. The molecule has 0 unspecified atom stereocenters. The molecule has 0 bridgehead atoms. The second-order valence-corrected chi connectivity index (χ2v) is 5.78. The first-order chi connectivity index (χ1) is 10.6. The maximum Gasteiger partial charge on any atom is 0.224 e. The lowest BCUT2D eigenvalue weighted by atomic mass is 10.1. The first kappa shape index (κ1) is 16.5. The van der Waals surface area contributed by atoms with E-state index in [9.17, 15) is 9.18 Å². The van der Waals surface area contributed by atoms with Gasteiger partial charge in [0.15, 0.2) is 0 Å². The molecule has 1 atom stereocenters. The molecule has 0 saturated carbocycles. The summed E-state index contributed by atoms with van der Waals surface area (Å²) in [5.74, 6) is -0.660. The van der Waals surface area contributed by atoms with Crippen LogP contribution in [0.3, 0.4) is 0 Å². The molecule has 0 saturated heterocycles. The first-order valence-corrected chi connectivity index (χ1v) is 7.70. The van der Waals surface area contributed by atoms with E-state index in [1.807, 2.05) is 25.1 Å². The van der Waals surface area contributed by atoms with Gasteiger partial charge in [0, 0.05) is 16.6 Å². The van der Waals surface area contributed by atoms with Crippen LogP contribution in [0.25, 0.3) is 0 Å². The molecule has 22 heavy (non-hydrogen) atoms. The Morgan fingerprint density at radius 1 is 1.18 bits per heavy atom. The Balaban J connectivity index is 1.84. The third-order valence-electron chi connectivity index (χ3n) is 3.52. The predicted octanol–water partition coefficient (Wildman–Crippen LogP) is 4.16. The topological polar surface area (TPSA) is 29.1 Å². The number of hydrogen-bond acceptors (Lipinski definition) is 1. The highest BCUT2D eigenvalue weighted by Gasteiger charge is 2.13. The summed E-state index contributed by atoms with van der Waals surface area (Å²) in [5.41, 5.74) is 1.48. The quantitative estimate of drug-likeness (QED) is 0.851. The van der Waals surface area contributed by atoms with Crippen LogP contribution in [0.5, 0.6) is 0 Å². The molecule has 2 nitrogen and oxygen atoms in total. The summed E-state index contributed by atoms with van der Waals surface area (Å²) in [6.07, 6.45) is 1.69. The van der Waals surface area contributed by atoms with Gasteiger partial charge < -0.3 is 5.32 Å². The molecule has 0 heterocycles. The third-order valence-corrected chi connectivity index (χ3v) is 3.87. The number of benzene rings is 2. The molecule has 0 aromatic heterocycles. The number of halogens is 2. The van der Waals surface area contributed by atoms with E-state index in [0.717, 1.165) is 12.8 Å². The Morgan fingerprint density at radius 3 is 2.59 bits per heavy atom. The molecule has 1 N–H and O–H groups in total. The molecular formula is C18H19ClFNO. The van der Waals surface area contributed by atoms with Crippen LogP contribution in [0.15, 0.2) is 48.5 Å². The molecule has 2 aromatic carbocycles. The summed E-state index contributed by atoms with van der Waals surface area (Å²) in [6.45, 7) is 1.95. The van der Waals surface area contributed by atoms with Gasteiger partial charge in [0.2, 0.25) is 5.91 Å². The SMILES string of the molecule is C[C@H](CCc1ccccc1)NC(=O)Cc1c(F)cccc1Cl. The summed E-state index contributed by atoms with van der Waals surface area (Å²) >= 11 is 5.93. The van der Waals surface area contributed by atoms with Gasteiger partial charge in [0.1, 0.15) is 5.82 Å². The highest BCUT2D eigenvalue weighted by atomic mass is 35.5. The van der Waals surface area contributed by atoms with E-state index >= 15 is 0 Å². The number of carbonyl (C=O) groups is 1. The number of carbonyl (C=O) groups excluding carboxylic acids is 1. The molecule has 0 spiro atoms. The Morgan fingerprint density at radius 2 is 1.91 bits per heavy atom. The maximum atomic E-state index is 13.7. The van der Waals surface area contributed by atoms with Gasteiger partial charge in [-0.25, -0.2) is 4.39 Å². The number of amides is 1. The smallest absolute Gasteiger partial charge is 0.224 e. The standard InChI is InChI=1S/C18H19ClFNO/c1-13(10-11-14-6-3-2-4-7-14)21-18(22)12-15-16(19)8-5-9-17(15)20/h2-9,13H,10-12H2,1H3,(H,21,22)/t13-/m1/s1. The van der Waals surface area contributed by atoms with Crippen molar-refractivity contribution in [2.75, 3.05) is 0 Å². The van der Waals surface area contributed by atoms with E-state index < -0.39 is 5.82 Å². The van der Waals surface area contributed by atoms with Crippen molar-refractivity contribution < 1.29 is 9.18 Å². The van der Waals surface area contributed by atoms with Gasteiger partial charge in [0.05, 0.1) is 6.42 Å². The lowest BCUT2D eigenvalue weighted by molar-refractivity contribution is -0.121. The van der Waals surface area contributed by atoms with Gasteiger partial charge in [-0.15, -0.1) is 0 Å². The number of nitrogens with one attached hydrogen (secondary N) is 1. The lowest BCUT2D eigenvalue weighted by Crippen LogP contribution is -2.34. The lowest BCUT2D eigenvalue weighted by Gasteiger charge is -2.14. The maximum absolute atomic E-state index is 13.7. The monoisotopic (exact) mass is 319 g/mol. The van der Waals surface area contributed by atoms with Crippen LogP contribution in [-0.4, -0.2) is 11.9 Å². The van der Waals surface area contributed by atoms with E-state index in [1.165, 1.54) is 17.7 Å². The summed E-state index contributed by atoms with van der Waals surface area (Å²) in [6, 6.07) is 14.6. The van der Waals surface area contributed by atoms with Crippen molar-refractivity contribution in [3.05, 3.63) is 70.5 Å². The Kier molecular flexibility index (Phi) is 5.96. The third kappa shape index (κ3) is 4.85. The van der Waals surface area contributed by atoms with Crippen molar-refractivity contribution in [3.63, 3.8) is 0 Å². The Bertz CT molecular complexity index is 610. The van der Waals surface area contributed by atoms with E-state index in [0.29, 0.717) is 0 Å². The molecule has 0 aliphatic heterocycles. The fraction of sp³-hybridized carbons (Fsp3) is 0.278. The van der Waals surface area contributed by atoms with E-state index in [2.05, 4.69) is 17.4 Å². The highest BCUT2D eigenvalue weighted by Crippen LogP contribution is 2.19. The van der Waals surface area contributed by atoms with Crippen molar-refractivity contribution in [1.82, 2.24) is 5.32 Å². The second-order valence-electron chi connectivity index (χ2n) is 5.37. The molecule has 0 aliphatic carbocycles. The summed E-state index contributed by atoms with van der Waals surface area (Å²) in [5, 5.41) is 3.17. The predicted molar refractivity (Wildman–Crippen MR) is 87.5 cm³/mol. The minimum atomic E-state index is -0.445. The minimum absolute atomic E-state index is 0.0262. The van der Waals surface area contributed by atoms with Gasteiger partial charge in [-0.05, 0) is 37.5 Å². The van der Waals surface area contributed by atoms with Crippen molar-refractivity contribution in [2.24, 2.45) is 0 Å². The zero-order chi connectivity index (χ0) is 15.9. The molecule has 2 rings (SSSR count). The van der Waals surface area contributed by atoms with Crippen molar-refractivity contribution in [2.45, 2.75) is 32.2 Å². The average molecular weight is 320 g/mol. The summed E-state index contributed by atoms with van der Waals surface area (Å²) in [4.78, 5) is 12.0. The highest BCUT2D eigenvalue weighted by molar-refractivity contribution is 6.31. The normalized spacial score (nSPS) is 12.0. The van der Waals surface area contributed by atoms with Crippen LogP contribution < -0.4 is 5.32 Å². The first-order valence-electron chi connectivity index (χ1n) is 7.32. The van der Waals surface area contributed by atoms with Crippen molar-refractivity contribution in [1.29, 1.82) is 0 Å². The van der Waals surface area contributed by atoms with E-state index in [4.69, 9.17) is 11.6 Å². The molecule has 0 fully saturated rings. The molecule has 0 radical (unpaired) electrons. The molecule has 2 aromatic rings. The number of hydrogen-bond donors (Lipinski definition) is 1. The van der Waals surface area contributed by atoms with E-state index in [1.54, 1.807) is 6.07 Å². The second kappa shape index (κ2) is 7.95.